The Kier molecular flexibility index (Phi) is 6.80. The molecule has 2 aromatic carbocycles. The number of fused-ring (bicyclic) bond motifs is 2. The first-order valence-electron chi connectivity index (χ1n) is 13.7. The largest absolute Gasteiger partial charge is 0.507 e. The molecule has 38 heavy (non-hydrogen) atoms. The van der Waals surface area contributed by atoms with Crippen molar-refractivity contribution in [3.63, 3.8) is 0 Å². The number of aromatic hydroxyl groups is 1. The standard InChI is InChI=1S/C29H35N5O4/c1-32-8-10-33(11-9-32)12-13-38-22-7-6-20-17-34(18-21(20)14-22)29(37)24-15-23-25(16-26(24)35)30-31-27(23)28(36)19-4-2-3-5-19/h6-7,14-16,19,35H,2-5,8-13,17-18H2,1H3,(H,30,31). The third-order valence-electron chi connectivity index (χ3n) is 8.33. The van der Waals surface area contributed by atoms with Gasteiger partial charge in [0.05, 0.1) is 11.1 Å². The zero-order chi connectivity index (χ0) is 26.2. The Hall–Kier alpha value is -3.43. The molecule has 3 aromatic rings. The molecule has 0 unspecified atom stereocenters. The smallest absolute Gasteiger partial charge is 0.258 e. The molecule has 0 spiro atoms. The van der Waals surface area contributed by atoms with Crippen molar-refractivity contribution >= 4 is 22.6 Å². The number of aromatic nitrogens is 2. The number of hydrogen-bond acceptors (Lipinski definition) is 7. The van der Waals surface area contributed by atoms with Gasteiger partial charge in [-0.15, -0.1) is 0 Å². The number of likely N-dealkylation sites (N-methyl/N-ethyl adjacent to an activating group) is 1. The summed E-state index contributed by atoms with van der Waals surface area (Å²) in [7, 11) is 2.15. The highest BCUT2D eigenvalue weighted by Gasteiger charge is 2.30. The van der Waals surface area contributed by atoms with Crippen LogP contribution in [0.4, 0.5) is 0 Å². The number of ether oxygens (including phenoxy) is 1. The van der Waals surface area contributed by atoms with E-state index >= 15 is 0 Å². The summed E-state index contributed by atoms with van der Waals surface area (Å²) in [5.41, 5.74) is 3.24. The molecule has 1 amide bonds. The number of aromatic amines is 1. The first kappa shape index (κ1) is 24.9. The summed E-state index contributed by atoms with van der Waals surface area (Å²) < 4.78 is 6.04. The van der Waals surface area contributed by atoms with Crippen LogP contribution in [0.3, 0.4) is 0 Å². The summed E-state index contributed by atoms with van der Waals surface area (Å²) in [6.45, 7) is 6.74. The van der Waals surface area contributed by atoms with E-state index in [0.717, 1.165) is 75.3 Å². The fourth-order valence-electron chi connectivity index (χ4n) is 5.93. The predicted octanol–water partition coefficient (Wildman–Crippen LogP) is 3.42. The van der Waals surface area contributed by atoms with E-state index in [1.165, 1.54) is 6.07 Å². The lowest BCUT2D eigenvalue weighted by molar-refractivity contribution is 0.0748. The summed E-state index contributed by atoms with van der Waals surface area (Å²) in [6, 6.07) is 9.12. The SMILES string of the molecule is CN1CCN(CCOc2ccc3c(c2)CN(C(=O)c2cc4c(C(=O)C5CCCC5)n[nH]c4cc2O)C3)CC1. The monoisotopic (exact) mass is 517 g/mol. The van der Waals surface area contributed by atoms with Crippen LogP contribution >= 0.6 is 0 Å². The second kappa shape index (κ2) is 10.4. The van der Waals surface area contributed by atoms with E-state index in [1.54, 1.807) is 11.0 Å². The molecule has 1 saturated heterocycles. The van der Waals surface area contributed by atoms with Crippen molar-refractivity contribution in [1.82, 2.24) is 24.9 Å². The maximum Gasteiger partial charge on any atom is 0.258 e. The van der Waals surface area contributed by atoms with E-state index in [2.05, 4.69) is 27.0 Å². The van der Waals surface area contributed by atoms with Crippen LogP contribution in [0.1, 0.15) is 57.7 Å². The fourth-order valence-corrected chi connectivity index (χ4v) is 5.93. The summed E-state index contributed by atoms with van der Waals surface area (Å²) >= 11 is 0. The average molecular weight is 518 g/mol. The average Bonchev–Trinajstić information content (AvgIpc) is 3.68. The number of carbonyl (C=O) groups is 2. The molecule has 2 fully saturated rings. The zero-order valence-electron chi connectivity index (χ0n) is 21.9. The number of hydrogen-bond donors (Lipinski definition) is 2. The maximum absolute atomic E-state index is 13.5. The number of nitrogens with one attached hydrogen (secondary N) is 1. The Bertz CT molecular complexity index is 1350. The molecule has 2 aliphatic heterocycles. The lowest BCUT2D eigenvalue weighted by Gasteiger charge is -2.32. The van der Waals surface area contributed by atoms with Gasteiger partial charge < -0.3 is 19.6 Å². The van der Waals surface area contributed by atoms with E-state index in [4.69, 9.17) is 4.74 Å². The number of carbonyl (C=O) groups excluding carboxylic acids is 2. The number of phenolic OH excluding ortho intramolecular Hbond substituents is 1. The molecule has 1 aromatic heterocycles. The van der Waals surface area contributed by atoms with Gasteiger partial charge >= 0.3 is 0 Å². The van der Waals surface area contributed by atoms with Crippen LogP contribution < -0.4 is 4.74 Å². The molecule has 6 rings (SSSR count). The number of phenols is 1. The van der Waals surface area contributed by atoms with Crippen molar-refractivity contribution in [2.75, 3.05) is 46.4 Å². The molecular formula is C29H35N5O4. The van der Waals surface area contributed by atoms with E-state index in [-0.39, 0.29) is 28.9 Å². The summed E-state index contributed by atoms with van der Waals surface area (Å²) in [5, 5.41) is 18.4. The summed E-state index contributed by atoms with van der Waals surface area (Å²) in [4.78, 5) is 33.0. The highest BCUT2D eigenvalue weighted by molar-refractivity contribution is 6.10. The van der Waals surface area contributed by atoms with E-state index < -0.39 is 0 Å². The lowest BCUT2D eigenvalue weighted by Crippen LogP contribution is -2.45. The van der Waals surface area contributed by atoms with Gasteiger partial charge in [-0.25, -0.2) is 0 Å². The molecular weight excluding hydrogens is 482 g/mol. The van der Waals surface area contributed by atoms with Gasteiger partial charge in [0.25, 0.3) is 5.91 Å². The number of H-pyrrole nitrogens is 1. The quantitative estimate of drug-likeness (QED) is 0.463. The topological polar surface area (TPSA) is 102 Å². The van der Waals surface area contributed by atoms with Crippen molar-refractivity contribution in [3.8, 4) is 11.5 Å². The molecule has 0 atom stereocenters. The van der Waals surface area contributed by atoms with Gasteiger partial charge in [0.2, 0.25) is 0 Å². The minimum Gasteiger partial charge on any atom is -0.507 e. The molecule has 2 N–H and O–H groups in total. The minimum absolute atomic E-state index is 0.0134. The van der Waals surface area contributed by atoms with Gasteiger partial charge in [-0.1, -0.05) is 18.9 Å². The van der Waals surface area contributed by atoms with Crippen molar-refractivity contribution in [3.05, 3.63) is 52.7 Å². The molecule has 0 radical (unpaired) electrons. The fraction of sp³-hybridized carbons (Fsp3) is 0.483. The maximum atomic E-state index is 13.5. The third kappa shape index (κ3) is 4.88. The Morgan fingerprint density at radius 3 is 2.61 bits per heavy atom. The van der Waals surface area contributed by atoms with Gasteiger partial charge in [0.15, 0.2) is 5.78 Å². The number of nitrogens with zero attached hydrogens (tertiary/aromatic N) is 4. The van der Waals surface area contributed by atoms with Crippen LogP contribution in [0, 0.1) is 5.92 Å². The lowest BCUT2D eigenvalue weighted by atomic mass is 9.97. The van der Waals surface area contributed by atoms with Gasteiger partial charge in [0, 0.05) is 63.2 Å². The van der Waals surface area contributed by atoms with E-state index in [9.17, 15) is 14.7 Å². The number of Topliss-reactive ketones (excluding diaryl/α,β-unsaturated/α-hetero) is 1. The molecule has 0 bridgehead atoms. The van der Waals surface area contributed by atoms with Crippen molar-refractivity contribution in [2.45, 2.75) is 38.8 Å². The van der Waals surface area contributed by atoms with Gasteiger partial charge in [-0.05, 0) is 49.2 Å². The normalized spacial score (nSPS) is 18.8. The molecule has 3 aliphatic rings. The molecule has 9 heteroatoms. The molecule has 9 nitrogen and oxygen atoms in total. The second-order valence-electron chi connectivity index (χ2n) is 10.9. The van der Waals surface area contributed by atoms with Crippen LogP contribution in [0.15, 0.2) is 30.3 Å². The highest BCUT2D eigenvalue weighted by atomic mass is 16.5. The number of rotatable bonds is 7. The van der Waals surface area contributed by atoms with Crippen molar-refractivity contribution < 1.29 is 19.4 Å². The summed E-state index contributed by atoms with van der Waals surface area (Å²) in [5.74, 6) is 0.436. The Labute approximate surface area is 222 Å². The number of amides is 1. The van der Waals surface area contributed by atoms with E-state index in [1.807, 2.05) is 18.2 Å². The molecule has 3 heterocycles. The third-order valence-corrected chi connectivity index (χ3v) is 8.33. The first-order valence-corrected chi connectivity index (χ1v) is 13.7. The number of benzene rings is 2. The van der Waals surface area contributed by atoms with Crippen LogP contribution in [0.2, 0.25) is 0 Å². The van der Waals surface area contributed by atoms with E-state index in [0.29, 0.717) is 36.3 Å². The van der Waals surface area contributed by atoms with Crippen LogP contribution in [0.25, 0.3) is 10.9 Å². The number of ketones is 1. The molecule has 1 saturated carbocycles. The van der Waals surface area contributed by atoms with Gasteiger partial charge in [-0.3, -0.25) is 19.6 Å². The molecule has 1 aliphatic carbocycles. The highest BCUT2D eigenvalue weighted by Crippen LogP contribution is 2.34. The van der Waals surface area contributed by atoms with Crippen LogP contribution in [-0.4, -0.2) is 88.1 Å². The predicted molar refractivity (Wildman–Crippen MR) is 143 cm³/mol. The molecule has 200 valence electrons. The Morgan fingerprint density at radius 2 is 1.82 bits per heavy atom. The minimum atomic E-state index is -0.265. The van der Waals surface area contributed by atoms with Crippen LogP contribution in [-0.2, 0) is 13.1 Å². The van der Waals surface area contributed by atoms with Gasteiger partial charge in [-0.2, -0.15) is 5.10 Å². The summed E-state index contributed by atoms with van der Waals surface area (Å²) in [6.07, 6.45) is 3.87. The Morgan fingerprint density at radius 1 is 1.05 bits per heavy atom. The Balaban J connectivity index is 1.13. The zero-order valence-corrected chi connectivity index (χ0v) is 21.9. The first-order chi connectivity index (χ1) is 18.5. The van der Waals surface area contributed by atoms with Crippen molar-refractivity contribution in [1.29, 1.82) is 0 Å². The second-order valence-corrected chi connectivity index (χ2v) is 10.9. The van der Waals surface area contributed by atoms with Gasteiger partial charge in [0.1, 0.15) is 23.8 Å². The van der Waals surface area contributed by atoms with Crippen molar-refractivity contribution in [2.24, 2.45) is 5.92 Å². The van der Waals surface area contributed by atoms with Crippen LogP contribution in [0.5, 0.6) is 11.5 Å². The number of piperazine rings is 1.